The Morgan fingerprint density at radius 1 is 1.33 bits per heavy atom. The highest BCUT2D eigenvalue weighted by molar-refractivity contribution is 9.10. The van der Waals surface area contributed by atoms with Crippen molar-refractivity contribution in [1.82, 2.24) is 9.88 Å². The van der Waals surface area contributed by atoms with Crippen molar-refractivity contribution < 1.29 is 9.53 Å². The molecule has 2 aromatic rings. The summed E-state index contributed by atoms with van der Waals surface area (Å²) in [4.78, 5) is 18.6. The summed E-state index contributed by atoms with van der Waals surface area (Å²) in [6, 6.07) is 11.0. The Morgan fingerprint density at radius 2 is 2.14 bits per heavy atom. The number of rotatable bonds is 5. The lowest BCUT2D eigenvalue weighted by Crippen LogP contribution is -2.30. The van der Waals surface area contributed by atoms with E-state index >= 15 is 0 Å². The molecule has 4 nitrogen and oxygen atoms in total. The average Bonchev–Trinajstić information content (AvgIpc) is 2.53. The lowest BCUT2D eigenvalue weighted by atomic mass is 10.2. The number of carbonyl (C=O) groups is 1. The van der Waals surface area contributed by atoms with Gasteiger partial charge in [-0.15, -0.1) is 0 Å². The van der Waals surface area contributed by atoms with Crippen molar-refractivity contribution in [2.45, 2.75) is 13.5 Å². The number of methoxy groups -OCH3 is 1. The van der Waals surface area contributed by atoms with E-state index in [2.05, 4.69) is 20.9 Å². The summed E-state index contributed by atoms with van der Waals surface area (Å²) < 4.78 is 5.95. The first-order valence-corrected chi connectivity index (χ1v) is 7.47. The Kier molecular flexibility index (Phi) is 5.33. The van der Waals surface area contributed by atoms with Crippen LogP contribution in [0.1, 0.15) is 23.0 Å². The fraction of sp³-hybridized carbons (Fsp3) is 0.250. The molecule has 1 amide bonds. The topological polar surface area (TPSA) is 42.4 Å². The Labute approximate surface area is 132 Å². The Bertz CT molecular complexity index is 617. The Morgan fingerprint density at radius 3 is 2.71 bits per heavy atom. The molecule has 0 saturated heterocycles. The molecule has 0 unspecified atom stereocenters. The minimum absolute atomic E-state index is 0.0218. The second-order valence-corrected chi connectivity index (χ2v) is 5.34. The predicted molar refractivity (Wildman–Crippen MR) is 85.3 cm³/mol. The number of pyridine rings is 1. The normalized spacial score (nSPS) is 10.2. The summed E-state index contributed by atoms with van der Waals surface area (Å²) in [5, 5.41) is 0. The quantitative estimate of drug-likeness (QED) is 0.830. The number of aromatic nitrogens is 1. The van der Waals surface area contributed by atoms with Crippen LogP contribution in [0, 0.1) is 0 Å². The van der Waals surface area contributed by atoms with Crippen LogP contribution in [0.15, 0.2) is 47.1 Å². The molecule has 1 heterocycles. The zero-order chi connectivity index (χ0) is 15.2. The first-order chi connectivity index (χ1) is 10.2. The predicted octanol–water partition coefficient (Wildman–Crippen LogP) is 3.52. The number of ether oxygens (including phenoxy) is 1. The summed E-state index contributed by atoms with van der Waals surface area (Å²) in [5.74, 6) is 0.686. The minimum atomic E-state index is -0.0218. The molecule has 21 heavy (non-hydrogen) atoms. The van der Waals surface area contributed by atoms with Gasteiger partial charge in [-0.25, -0.2) is 0 Å². The van der Waals surface area contributed by atoms with Crippen molar-refractivity contribution in [3.05, 3.63) is 58.3 Å². The summed E-state index contributed by atoms with van der Waals surface area (Å²) >= 11 is 3.41. The van der Waals surface area contributed by atoms with Gasteiger partial charge >= 0.3 is 0 Å². The van der Waals surface area contributed by atoms with Gasteiger partial charge in [0.05, 0.1) is 23.8 Å². The maximum absolute atomic E-state index is 12.6. The van der Waals surface area contributed by atoms with Gasteiger partial charge in [0, 0.05) is 18.3 Å². The van der Waals surface area contributed by atoms with Crippen molar-refractivity contribution in [2.24, 2.45) is 0 Å². The molecule has 0 atom stereocenters. The molecule has 0 radical (unpaired) electrons. The van der Waals surface area contributed by atoms with Gasteiger partial charge in [-0.05, 0) is 53.2 Å². The van der Waals surface area contributed by atoms with E-state index in [9.17, 15) is 4.79 Å². The van der Waals surface area contributed by atoms with Gasteiger partial charge in [-0.2, -0.15) is 0 Å². The van der Waals surface area contributed by atoms with Gasteiger partial charge in [-0.3, -0.25) is 9.78 Å². The van der Waals surface area contributed by atoms with Crippen molar-refractivity contribution in [3.8, 4) is 5.75 Å². The van der Waals surface area contributed by atoms with Crippen molar-refractivity contribution in [2.75, 3.05) is 13.7 Å². The smallest absolute Gasteiger partial charge is 0.254 e. The van der Waals surface area contributed by atoms with Gasteiger partial charge in [0.2, 0.25) is 0 Å². The van der Waals surface area contributed by atoms with Gasteiger partial charge in [0.25, 0.3) is 5.91 Å². The fourth-order valence-corrected chi connectivity index (χ4v) is 2.54. The maximum atomic E-state index is 12.6. The van der Waals surface area contributed by atoms with Crippen LogP contribution in [0.2, 0.25) is 0 Å². The molecule has 0 bridgehead atoms. The van der Waals surface area contributed by atoms with E-state index in [1.807, 2.05) is 25.1 Å². The Hall–Kier alpha value is -1.88. The van der Waals surface area contributed by atoms with Crippen LogP contribution in [0.4, 0.5) is 0 Å². The highest BCUT2D eigenvalue weighted by Gasteiger charge is 2.16. The third-order valence-electron chi connectivity index (χ3n) is 3.15. The average molecular weight is 349 g/mol. The van der Waals surface area contributed by atoms with Gasteiger partial charge < -0.3 is 9.64 Å². The number of hydrogen-bond acceptors (Lipinski definition) is 3. The third kappa shape index (κ3) is 3.82. The molecular formula is C16H17BrN2O2. The van der Waals surface area contributed by atoms with Gasteiger partial charge in [0.1, 0.15) is 5.75 Å². The number of carbonyl (C=O) groups excluding carboxylic acids is 1. The SMILES string of the molecule is CCN(Cc1ccccn1)C(=O)c1ccc(OC)c(Br)c1. The van der Waals surface area contributed by atoms with Crippen LogP contribution in [-0.4, -0.2) is 29.4 Å². The first kappa shape index (κ1) is 15.5. The molecular weight excluding hydrogens is 332 g/mol. The lowest BCUT2D eigenvalue weighted by molar-refractivity contribution is 0.0750. The first-order valence-electron chi connectivity index (χ1n) is 6.68. The highest BCUT2D eigenvalue weighted by atomic mass is 79.9. The molecule has 2 rings (SSSR count). The molecule has 0 spiro atoms. The zero-order valence-electron chi connectivity index (χ0n) is 12.0. The molecule has 0 aliphatic heterocycles. The molecule has 0 N–H and O–H groups in total. The van der Waals surface area contributed by atoms with E-state index < -0.39 is 0 Å². The van der Waals surface area contributed by atoms with Crippen molar-refractivity contribution in [3.63, 3.8) is 0 Å². The molecule has 0 fully saturated rings. The van der Waals surface area contributed by atoms with Crippen LogP contribution in [0.25, 0.3) is 0 Å². The Balaban J connectivity index is 2.18. The number of nitrogens with zero attached hydrogens (tertiary/aromatic N) is 2. The summed E-state index contributed by atoms with van der Waals surface area (Å²) in [5.41, 5.74) is 1.50. The molecule has 0 aliphatic carbocycles. The van der Waals surface area contributed by atoms with Crippen LogP contribution < -0.4 is 4.74 Å². The third-order valence-corrected chi connectivity index (χ3v) is 3.77. The van der Waals surface area contributed by atoms with E-state index in [-0.39, 0.29) is 5.91 Å². The second-order valence-electron chi connectivity index (χ2n) is 4.49. The summed E-state index contributed by atoms with van der Waals surface area (Å²) in [6.07, 6.45) is 1.73. The molecule has 5 heteroatoms. The summed E-state index contributed by atoms with van der Waals surface area (Å²) in [6.45, 7) is 3.08. The molecule has 1 aromatic heterocycles. The maximum Gasteiger partial charge on any atom is 0.254 e. The van der Waals surface area contributed by atoms with E-state index in [0.717, 1.165) is 10.2 Å². The standard InChI is InChI=1S/C16H17BrN2O2/c1-3-19(11-13-6-4-5-9-18-13)16(20)12-7-8-15(21-2)14(17)10-12/h4-10H,3,11H2,1-2H3. The number of amides is 1. The van der Waals surface area contributed by atoms with E-state index in [1.54, 1.807) is 36.4 Å². The monoisotopic (exact) mass is 348 g/mol. The zero-order valence-corrected chi connectivity index (χ0v) is 13.6. The lowest BCUT2D eigenvalue weighted by Gasteiger charge is -2.21. The van der Waals surface area contributed by atoms with E-state index in [1.165, 1.54) is 0 Å². The molecule has 1 aromatic carbocycles. The molecule has 110 valence electrons. The van der Waals surface area contributed by atoms with Crippen LogP contribution in [-0.2, 0) is 6.54 Å². The minimum Gasteiger partial charge on any atom is -0.496 e. The number of benzene rings is 1. The molecule has 0 saturated carbocycles. The highest BCUT2D eigenvalue weighted by Crippen LogP contribution is 2.26. The summed E-state index contributed by atoms with van der Waals surface area (Å²) in [7, 11) is 1.60. The van der Waals surface area contributed by atoms with Crippen LogP contribution in [0.3, 0.4) is 0 Å². The number of halogens is 1. The van der Waals surface area contributed by atoms with E-state index in [4.69, 9.17) is 4.74 Å². The fourth-order valence-electron chi connectivity index (χ4n) is 2.00. The van der Waals surface area contributed by atoms with Crippen molar-refractivity contribution in [1.29, 1.82) is 0 Å². The van der Waals surface area contributed by atoms with E-state index in [0.29, 0.717) is 24.4 Å². The molecule has 0 aliphatic rings. The largest absolute Gasteiger partial charge is 0.496 e. The van der Waals surface area contributed by atoms with Gasteiger partial charge in [0.15, 0.2) is 0 Å². The van der Waals surface area contributed by atoms with Crippen LogP contribution >= 0.6 is 15.9 Å². The number of hydrogen-bond donors (Lipinski definition) is 0. The second kappa shape index (κ2) is 7.22. The van der Waals surface area contributed by atoms with Crippen LogP contribution in [0.5, 0.6) is 5.75 Å². The van der Waals surface area contributed by atoms with Gasteiger partial charge in [-0.1, -0.05) is 6.07 Å². The van der Waals surface area contributed by atoms with Crippen molar-refractivity contribution >= 4 is 21.8 Å².